The van der Waals surface area contributed by atoms with Crippen molar-refractivity contribution >= 4 is 15.7 Å². The third kappa shape index (κ3) is 8.49. The summed E-state index contributed by atoms with van der Waals surface area (Å²) in [6.45, 7) is 3.83. The van der Waals surface area contributed by atoms with E-state index in [0.717, 1.165) is 13.0 Å². The van der Waals surface area contributed by atoms with Crippen molar-refractivity contribution in [1.29, 1.82) is 0 Å². The molecular weight excluding hydrogens is 230 g/mol. The van der Waals surface area contributed by atoms with E-state index in [2.05, 4.69) is 5.16 Å². The Labute approximate surface area is 97.0 Å². The predicted molar refractivity (Wildman–Crippen MR) is 64.5 cm³/mol. The van der Waals surface area contributed by atoms with Crippen molar-refractivity contribution in [2.45, 2.75) is 19.8 Å². The van der Waals surface area contributed by atoms with Gasteiger partial charge in [-0.25, -0.2) is 8.42 Å². The zero-order valence-electron chi connectivity index (χ0n) is 9.89. The molecular formula is C9H21N3O3S. The standard InChI is InChI=1S/C9H21N3O3S/c1-3-5-12(8-9(10)11-13)6-4-7-16(2,14)15/h13H,3-8H2,1-2H3,(H2,10,11). The highest BCUT2D eigenvalue weighted by Crippen LogP contribution is 1.96. The lowest BCUT2D eigenvalue weighted by Crippen LogP contribution is -2.35. The molecule has 7 heteroatoms. The molecule has 0 saturated heterocycles. The number of sulfone groups is 1. The summed E-state index contributed by atoms with van der Waals surface area (Å²) in [6, 6.07) is 0. The van der Waals surface area contributed by atoms with Crippen LogP contribution in [0, 0.1) is 0 Å². The van der Waals surface area contributed by atoms with E-state index in [-0.39, 0.29) is 11.6 Å². The Morgan fingerprint density at radius 3 is 2.50 bits per heavy atom. The fourth-order valence-electron chi connectivity index (χ4n) is 1.40. The van der Waals surface area contributed by atoms with Gasteiger partial charge in [0.1, 0.15) is 9.84 Å². The quantitative estimate of drug-likeness (QED) is 0.271. The van der Waals surface area contributed by atoms with Crippen molar-refractivity contribution in [3.8, 4) is 0 Å². The van der Waals surface area contributed by atoms with Gasteiger partial charge >= 0.3 is 0 Å². The van der Waals surface area contributed by atoms with Crippen LogP contribution >= 0.6 is 0 Å². The molecule has 96 valence electrons. The largest absolute Gasteiger partial charge is 0.409 e. The maximum atomic E-state index is 10.9. The second kappa shape index (κ2) is 7.45. The summed E-state index contributed by atoms with van der Waals surface area (Å²) in [5, 5.41) is 11.3. The van der Waals surface area contributed by atoms with E-state index < -0.39 is 9.84 Å². The van der Waals surface area contributed by atoms with Crippen LogP contribution in [0.2, 0.25) is 0 Å². The van der Waals surface area contributed by atoms with Crippen molar-refractivity contribution in [2.75, 3.05) is 31.6 Å². The summed E-state index contributed by atoms with van der Waals surface area (Å²) in [7, 11) is -2.91. The molecule has 0 aromatic rings. The molecule has 0 heterocycles. The molecule has 0 atom stereocenters. The monoisotopic (exact) mass is 251 g/mol. The Bertz CT molecular complexity index is 314. The number of hydrogen-bond donors (Lipinski definition) is 2. The van der Waals surface area contributed by atoms with Gasteiger partial charge in [0.05, 0.1) is 12.3 Å². The predicted octanol–water partition coefficient (Wildman–Crippen LogP) is -0.120. The molecule has 0 bridgehead atoms. The first kappa shape index (κ1) is 15.2. The molecule has 0 aliphatic heterocycles. The highest BCUT2D eigenvalue weighted by atomic mass is 32.2. The molecule has 0 aliphatic rings. The van der Waals surface area contributed by atoms with E-state index >= 15 is 0 Å². The van der Waals surface area contributed by atoms with Crippen LogP contribution in [0.1, 0.15) is 19.8 Å². The van der Waals surface area contributed by atoms with E-state index in [1.54, 1.807) is 0 Å². The van der Waals surface area contributed by atoms with Gasteiger partial charge in [0, 0.05) is 6.26 Å². The molecule has 0 rings (SSSR count). The highest BCUT2D eigenvalue weighted by molar-refractivity contribution is 7.90. The summed E-state index contributed by atoms with van der Waals surface area (Å²) in [5.41, 5.74) is 5.40. The fraction of sp³-hybridized carbons (Fsp3) is 0.889. The first-order chi connectivity index (χ1) is 7.39. The zero-order chi connectivity index (χ0) is 12.6. The number of oxime groups is 1. The first-order valence-electron chi connectivity index (χ1n) is 5.25. The van der Waals surface area contributed by atoms with Crippen molar-refractivity contribution in [3.05, 3.63) is 0 Å². The average molecular weight is 251 g/mol. The van der Waals surface area contributed by atoms with Crippen LogP contribution in [0.15, 0.2) is 5.16 Å². The van der Waals surface area contributed by atoms with Crippen molar-refractivity contribution in [2.24, 2.45) is 10.9 Å². The van der Waals surface area contributed by atoms with Crippen LogP contribution in [0.4, 0.5) is 0 Å². The molecule has 16 heavy (non-hydrogen) atoms. The van der Waals surface area contributed by atoms with Crippen LogP contribution in [0.25, 0.3) is 0 Å². The number of nitrogens with two attached hydrogens (primary N) is 1. The average Bonchev–Trinajstić information content (AvgIpc) is 2.15. The number of hydrogen-bond acceptors (Lipinski definition) is 5. The molecule has 0 saturated carbocycles. The minimum Gasteiger partial charge on any atom is -0.409 e. The van der Waals surface area contributed by atoms with Gasteiger partial charge in [-0.05, 0) is 25.9 Å². The van der Waals surface area contributed by atoms with Gasteiger partial charge in [-0.3, -0.25) is 4.90 Å². The number of nitrogens with zero attached hydrogens (tertiary/aromatic N) is 2. The minimum absolute atomic E-state index is 0.146. The molecule has 0 aliphatic carbocycles. The minimum atomic E-state index is -2.91. The maximum Gasteiger partial charge on any atom is 0.153 e. The molecule has 0 aromatic carbocycles. The highest BCUT2D eigenvalue weighted by Gasteiger charge is 2.08. The lowest BCUT2D eigenvalue weighted by atomic mass is 10.3. The van der Waals surface area contributed by atoms with Crippen molar-refractivity contribution in [1.82, 2.24) is 4.90 Å². The Hall–Kier alpha value is -0.820. The van der Waals surface area contributed by atoms with Crippen LogP contribution in [-0.4, -0.2) is 56.0 Å². The molecule has 0 aromatic heterocycles. The molecule has 0 spiro atoms. The van der Waals surface area contributed by atoms with Gasteiger partial charge in [0.25, 0.3) is 0 Å². The zero-order valence-corrected chi connectivity index (χ0v) is 10.7. The third-order valence-electron chi connectivity index (χ3n) is 2.04. The molecule has 0 fully saturated rings. The summed E-state index contributed by atoms with van der Waals surface area (Å²) >= 11 is 0. The van der Waals surface area contributed by atoms with E-state index in [1.807, 2.05) is 11.8 Å². The summed E-state index contributed by atoms with van der Waals surface area (Å²) in [6.07, 6.45) is 2.73. The third-order valence-corrected chi connectivity index (χ3v) is 3.07. The molecule has 0 unspecified atom stereocenters. The van der Waals surface area contributed by atoms with Gasteiger partial charge in [0.15, 0.2) is 5.84 Å². The SMILES string of the molecule is CCCN(CCCS(C)(=O)=O)CC(N)=NO. The maximum absolute atomic E-state index is 10.9. The van der Waals surface area contributed by atoms with E-state index in [1.165, 1.54) is 6.26 Å². The van der Waals surface area contributed by atoms with Gasteiger partial charge in [-0.1, -0.05) is 12.1 Å². The summed E-state index contributed by atoms with van der Waals surface area (Å²) < 4.78 is 21.9. The van der Waals surface area contributed by atoms with Crippen LogP contribution in [0.5, 0.6) is 0 Å². The van der Waals surface area contributed by atoms with Gasteiger partial charge in [-0.15, -0.1) is 0 Å². The topological polar surface area (TPSA) is 96.0 Å². The smallest absolute Gasteiger partial charge is 0.153 e. The fourth-order valence-corrected chi connectivity index (χ4v) is 2.05. The van der Waals surface area contributed by atoms with E-state index in [9.17, 15) is 8.42 Å². The Kier molecular flexibility index (Phi) is 7.07. The summed E-state index contributed by atoms with van der Waals surface area (Å²) in [5.74, 6) is 0.316. The van der Waals surface area contributed by atoms with Crippen LogP contribution < -0.4 is 5.73 Å². The Balaban J connectivity index is 4.04. The van der Waals surface area contributed by atoms with Crippen LogP contribution in [0.3, 0.4) is 0 Å². The van der Waals surface area contributed by atoms with Gasteiger partial charge in [0.2, 0.25) is 0 Å². The lowest BCUT2D eigenvalue weighted by molar-refractivity contribution is 0.291. The van der Waals surface area contributed by atoms with Gasteiger partial charge in [-0.2, -0.15) is 0 Å². The van der Waals surface area contributed by atoms with Crippen molar-refractivity contribution < 1.29 is 13.6 Å². The number of rotatable bonds is 8. The van der Waals surface area contributed by atoms with E-state index in [0.29, 0.717) is 19.5 Å². The van der Waals surface area contributed by atoms with Crippen LogP contribution in [-0.2, 0) is 9.84 Å². The molecule has 6 nitrogen and oxygen atoms in total. The second-order valence-electron chi connectivity index (χ2n) is 3.85. The molecule has 0 radical (unpaired) electrons. The molecule has 3 N–H and O–H groups in total. The van der Waals surface area contributed by atoms with Crippen molar-refractivity contribution in [3.63, 3.8) is 0 Å². The second-order valence-corrected chi connectivity index (χ2v) is 6.11. The first-order valence-corrected chi connectivity index (χ1v) is 7.31. The Morgan fingerprint density at radius 1 is 1.44 bits per heavy atom. The number of amidine groups is 1. The summed E-state index contributed by atoms with van der Waals surface area (Å²) in [4.78, 5) is 1.97. The Morgan fingerprint density at radius 2 is 2.06 bits per heavy atom. The molecule has 0 amide bonds. The normalized spacial score (nSPS) is 13.3. The van der Waals surface area contributed by atoms with Gasteiger partial charge < -0.3 is 10.9 Å². The van der Waals surface area contributed by atoms with E-state index in [4.69, 9.17) is 10.9 Å². The lowest BCUT2D eigenvalue weighted by Gasteiger charge is -2.20.